The second-order valence-electron chi connectivity index (χ2n) is 9.81. The molecule has 0 aliphatic heterocycles. The summed E-state index contributed by atoms with van der Waals surface area (Å²) in [5.74, 6) is 0.664. The lowest BCUT2D eigenvalue weighted by molar-refractivity contribution is 1.41. The fourth-order valence-electron chi connectivity index (χ4n) is 4.33. The van der Waals surface area contributed by atoms with Crippen molar-refractivity contribution in [3.8, 4) is 11.1 Å². The molecule has 0 N–H and O–H groups in total. The summed E-state index contributed by atoms with van der Waals surface area (Å²) < 4.78 is 0. The van der Waals surface area contributed by atoms with E-state index in [9.17, 15) is 0 Å². The Morgan fingerprint density at radius 3 is 1.43 bits per heavy atom. The van der Waals surface area contributed by atoms with E-state index in [0.717, 1.165) is 22.4 Å². The maximum atomic E-state index is 4.81. The van der Waals surface area contributed by atoms with Crippen LogP contribution in [0.15, 0.2) is 150 Å². The predicted octanol–water partition coefficient (Wildman–Crippen LogP) is 9.89. The van der Waals surface area contributed by atoms with Gasteiger partial charge < -0.3 is 0 Å². The van der Waals surface area contributed by atoms with Crippen LogP contribution in [0.3, 0.4) is 0 Å². The lowest BCUT2D eigenvalue weighted by Gasteiger charge is -2.08. The van der Waals surface area contributed by atoms with Crippen LogP contribution in [0.25, 0.3) is 16.8 Å². The molecule has 5 aromatic carbocycles. The van der Waals surface area contributed by atoms with Gasteiger partial charge >= 0.3 is 0 Å². The largest absolute Gasteiger partial charge is 0.233 e. The Morgan fingerprint density at radius 2 is 0.925 bits per heavy atom. The molecule has 198 valence electrons. The molecule has 0 aromatic heterocycles. The SMILES string of the molecule is C=C(N=C(N=C(C)c1ccccc1)c1ccccc1)c1ccc(C)cc1.Cc1ccccc1-c1ccccc1C. The van der Waals surface area contributed by atoms with E-state index in [-0.39, 0.29) is 0 Å². The van der Waals surface area contributed by atoms with Gasteiger partial charge in [-0.25, -0.2) is 9.98 Å². The molecule has 0 unspecified atom stereocenters. The molecule has 0 saturated carbocycles. The Hall–Kier alpha value is -4.82. The Labute approximate surface area is 239 Å². The second-order valence-corrected chi connectivity index (χ2v) is 9.81. The number of amidine groups is 1. The van der Waals surface area contributed by atoms with E-state index in [1.54, 1.807) is 0 Å². The molecule has 2 heteroatoms. The van der Waals surface area contributed by atoms with Gasteiger partial charge in [0, 0.05) is 11.3 Å². The minimum absolute atomic E-state index is 0.664. The quantitative estimate of drug-likeness (QED) is 0.163. The molecule has 5 aromatic rings. The first kappa shape index (κ1) is 28.2. The van der Waals surface area contributed by atoms with Crippen LogP contribution >= 0.6 is 0 Å². The van der Waals surface area contributed by atoms with Gasteiger partial charge in [-0.3, -0.25) is 0 Å². The normalized spacial score (nSPS) is 11.4. The second kappa shape index (κ2) is 13.8. The van der Waals surface area contributed by atoms with Gasteiger partial charge in [0.25, 0.3) is 0 Å². The zero-order valence-corrected chi connectivity index (χ0v) is 23.8. The van der Waals surface area contributed by atoms with E-state index in [1.165, 1.54) is 27.8 Å². The first-order valence-corrected chi connectivity index (χ1v) is 13.5. The molecule has 0 fully saturated rings. The van der Waals surface area contributed by atoms with Crippen molar-refractivity contribution >= 4 is 17.2 Å². The van der Waals surface area contributed by atoms with Crippen LogP contribution in [-0.4, -0.2) is 11.5 Å². The number of hydrogen-bond donors (Lipinski definition) is 0. The molecule has 0 heterocycles. The molecule has 0 aliphatic carbocycles. The summed E-state index contributed by atoms with van der Waals surface area (Å²) in [6.45, 7) is 12.5. The summed E-state index contributed by atoms with van der Waals surface area (Å²) in [6.07, 6.45) is 0. The number of hydrogen-bond acceptors (Lipinski definition) is 1. The molecular weight excluding hydrogens is 484 g/mol. The molecule has 0 bridgehead atoms. The zero-order chi connectivity index (χ0) is 28.3. The molecule has 0 amide bonds. The van der Waals surface area contributed by atoms with Gasteiger partial charge in [-0.1, -0.05) is 146 Å². The van der Waals surface area contributed by atoms with Crippen LogP contribution in [0, 0.1) is 20.8 Å². The van der Waals surface area contributed by atoms with Gasteiger partial charge in [0.1, 0.15) is 0 Å². The third kappa shape index (κ3) is 7.61. The fourth-order valence-corrected chi connectivity index (χ4v) is 4.33. The van der Waals surface area contributed by atoms with Gasteiger partial charge in [-0.15, -0.1) is 0 Å². The van der Waals surface area contributed by atoms with E-state index >= 15 is 0 Å². The maximum Gasteiger partial charge on any atom is 0.160 e. The van der Waals surface area contributed by atoms with Gasteiger partial charge in [-0.2, -0.15) is 0 Å². The van der Waals surface area contributed by atoms with Crippen molar-refractivity contribution in [2.75, 3.05) is 0 Å². The number of rotatable bonds is 5. The fraction of sp³-hybridized carbons (Fsp3) is 0.105. The number of aryl methyl sites for hydroxylation is 3. The number of aliphatic imine (C=N–C) groups is 2. The molecule has 5 rings (SSSR count). The van der Waals surface area contributed by atoms with Gasteiger partial charge in [-0.05, 0) is 61.1 Å². The van der Waals surface area contributed by atoms with Crippen molar-refractivity contribution in [3.63, 3.8) is 0 Å². The highest BCUT2D eigenvalue weighted by molar-refractivity contribution is 6.12. The van der Waals surface area contributed by atoms with E-state index < -0.39 is 0 Å². The highest BCUT2D eigenvalue weighted by Gasteiger charge is 2.06. The minimum atomic E-state index is 0.664. The van der Waals surface area contributed by atoms with Crippen molar-refractivity contribution in [2.45, 2.75) is 27.7 Å². The van der Waals surface area contributed by atoms with Gasteiger partial charge in [0.2, 0.25) is 0 Å². The molecule has 0 atom stereocenters. The monoisotopic (exact) mass is 520 g/mol. The van der Waals surface area contributed by atoms with Crippen LogP contribution in [0.2, 0.25) is 0 Å². The summed E-state index contributed by atoms with van der Waals surface area (Å²) in [7, 11) is 0. The summed E-state index contributed by atoms with van der Waals surface area (Å²) >= 11 is 0. The Bertz CT molecular complexity index is 1570. The van der Waals surface area contributed by atoms with E-state index in [1.807, 2.05) is 67.6 Å². The van der Waals surface area contributed by atoms with Crippen molar-refractivity contribution < 1.29 is 0 Å². The van der Waals surface area contributed by atoms with E-state index in [4.69, 9.17) is 9.98 Å². The average Bonchev–Trinajstić information content (AvgIpc) is 2.99. The zero-order valence-electron chi connectivity index (χ0n) is 23.8. The van der Waals surface area contributed by atoms with Gasteiger partial charge in [0.05, 0.1) is 5.70 Å². The van der Waals surface area contributed by atoms with Gasteiger partial charge in [0.15, 0.2) is 5.84 Å². The van der Waals surface area contributed by atoms with Crippen LogP contribution in [0.1, 0.15) is 40.3 Å². The van der Waals surface area contributed by atoms with Crippen molar-refractivity contribution in [2.24, 2.45) is 9.98 Å². The van der Waals surface area contributed by atoms with Crippen LogP contribution in [0.5, 0.6) is 0 Å². The van der Waals surface area contributed by atoms with Crippen LogP contribution in [0.4, 0.5) is 0 Å². The number of benzene rings is 5. The Morgan fingerprint density at radius 1 is 0.475 bits per heavy atom. The standard InChI is InChI=1S/C24H22N2.C14H14/c1-18-14-16-22(17-15-18)20(3)26-24(23-12-8-5-9-13-23)25-19(2)21-10-6-4-7-11-21;1-11-7-3-5-9-13(11)14-10-6-4-8-12(14)2/h4-17H,3H2,1-2H3;3-10H,1-2H3. The summed E-state index contributed by atoms with van der Waals surface area (Å²) in [4.78, 5) is 9.55. The molecular formula is C38H36N2. The summed E-state index contributed by atoms with van der Waals surface area (Å²) in [5, 5.41) is 0. The molecule has 40 heavy (non-hydrogen) atoms. The topological polar surface area (TPSA) is 24.7 Å². The van der Waals surface area contributed by atoms with Crippen molar-refractivity contribution in [1.82, 2.24) is 0 Å². The number of nitrogens with zero attached hydrogens (tertiary/aromatic N) is 2. The van der Waals surface area contributed by atoms with E-state index in [0.29, 0.717) is 11.5 Å². The predicted molar refractivity (Wildman–Crippen MR) is 173 cm³/mol. The third-order valence-corrected chi connectivity index (χ3v) is 6.70. The first-order valence-electron chi connectivity index (χ1n) is 13.5. The van der Waals surface area contributed by atoms with Crippen molar-refractivity contribution in [1.29, 1.82) is 0 Å². The lowest BCUT2D eigenvalue weighted by Crippen LogP contribution is -2.04. The highest BCUT2D eigenvalue weighted by atomic mass is 14.9. The molecule has 0 aliphatic rings. The lowest BCUT2D eigenvalue weighted by atomic mass is 9.97. The van der Waals surface area contributed by atoms with Crippen molar-refractivity contribution in [3.05, 3.63) is 173 Å². The smallest absolute Gasteiger partial charge is 0.160 e. The summed E-state index contributed by atoms with van der Waals surface area (Å²) in [5.41, 5.74) is 11.2. The highest BCUT2D eigenvalue weighted by Crippen LogP contribution is 2.25. The Kier molecular flexibility index (Phi) is 9.74. The molecule has 0 spiro atoms. The molecule has 0 radical (unpaired) electrons. The summed E-state index contributed by atoms with van der Waals surface area (Å²) in [6, 6.07) is 45.4. The van der Waals surface area contributed by atoms with Crippen LogP contribution < -0.4 is 0 Å². The minimum Gasteiger partial charge on any atom is -0.233 e. The Balaban J connectivity index is 0.000000222. The van der Waals surface area contributed by atoms with Crippen LogP contribution in [-0.2, 0) is 0 Å². The third-order valence-electron chi connectivity index (χ3n) is 6.70. The maximum absolute atomic E-state index is 4.81. The first-order chi connectivity index (χ1) is 19.4. The van der Waals surface area contributed by atoms with E-state index in [2.05, 4.69) is 100 Å². The molecule has 2 nitrogen and oxygen atoms in total. The molecule has 0 saturated heterocycles. The average molecular weight is 521 g/mol.